The zero-order valence-corrected chi connectivity index (χ0v) is 4.64. The van der Waals surface area contributed by atoms with Gasteiger partial charge in [0.05, 0.1) is 0 Å². The van der Waals surface area contributed by atoms with Crippen molar-refractivity contribution in [3.05, 3.63) is 0 Å². The van der Waals surface area contributed by atoms with Crippen LogP contribution in [0.4, 0.5) is 0 Å². The summed E-state index contributed by atoms with van der Waals surface area (Å²) in [6.07, 6.45) is 2.14. The van der Waals surface area contributed by atoms with Gasteiger partial charge in [-0.1, -0.05) is 12.8 Å². The van der Waals surface area contributed by atoms with Crippen molar-refractivity contribution in [1.29, 1.82) is 0 Å². The maximum atomic E-state index is 3.78. The summed E-state index contributed by atoms with van der Waals surface area (Å²) in [5.74, 6) is 5.01. The van der Waals surface area contributed by atoms with Gasteiger partial charge in [-0.25, -0.2) is 0 Å². The fourth-order valence-electron chi connectivity index (χ4n) is 0. The van der Waals surface area contributed by atoms with Gasteiger partial charge in [-0.05, 0) is 12.0 Å². The third-order valence-corrected chi connectivity index (χ3v) is 1.48. The third kappa shape index (κ3) is 4.22. The molecule has 0 aromatic heterocycles. The van der Waals surface area contributed by atoms with E-state index in [4.69, 9.17) is 0 Å². The zero-order chi connectivity index (χ0) is 4.28. The molecule has 5 heavy (non-hydrogen) atoms. The standard InChI is InChI=1S/C4H10S/c1-4-5(2)3/h2,4H2,1,3H3. The summed E-state index contributed by atoms with van der Waals surface area (Å²) < 4.78 is 0. The van der Waals surface area contributed by atoms with Crippen LogP contribution in [0.5, 0.6) is 0 Å². The van der Waals surface area contributed by atoms with Crippen LogP contribution >= 0.6 is 10.5 Å². The van der Waals surface area contributed by atoms with Crippen molar-refractivity contribution in [3.63, 3.8) is 0 Å². The van der Waals surface area contributed by atoms with E-state index in [1.807, 2.05) is 0 Å². The Bertz CT molecular complexity index is 38.9. The number of hydrogen-bond donors (Lipinski definition) is 0. The van der Waals surface area contributed by atoms with Crippen LogP contribution in [0.2, 0.25) is 0 Å². The molecule has 0 aliphatic heterocycles. The van der Waals surface area contributed by atoms with Gasteiger partial charge in [0.2, 0.25) is 0 Å². The monoisotopic (exact) mass is 90.1 g/mol. The van der Waals surface area contributed by atoms with E-state index >= 15 is 0 Å². The molecule has 0 radical (unpaired) electrons. The average Bonchev–Trinajstić information content (AvgIpc) is 1.38. The Morgan fingerprint density at radius 1 is 1.80 bits per heavy atom. The van der Waals surface area contributed by atoms with E-state index in [1.165, 1.54) is 5.75 Å². The van der Waals surface area contributed by atoms with Crippen molar-refractivity contribution in [2.75, 3.05) is 12.0 Å². The smallest absolute Gasteiger partial charge is 0.0154 e. The first-order valence-corrected chi connectivity index (χ1v) is 3.66. The van der Waals surface area contributed by atoms with E-state index < -0.39 is 0 Å². The van der Waals surface area contributed by atoms with E-state index in [1.54, 1.807) is 0 Å². The molecule has 0 bridgehead atoms. The van der Waals surface area contributed by atoms with Crippen molar-refractivity contribution in [2.45, 2.75) is 6.92 Å². The molecule has 0 aliphatic carbocycles. The summed E-state index contributed by atoms with van der Waals surface area (Å²) in [5, 5.41) is 0. The molecule has 32 valence electrons. The van der Waals surface area contributed by atoms with Crippen molar-refractivity contribution >= 4 is 16.4 Å². The van der Waals surface area contributed by atoms with Crippen LogP contribution in [0.15, 0.2) is 0 Å². The highest BCUT2D eigenvalue weighted by molar-refractivity contribution is 8.13. The fourth-order valence-corrected chi connectivity index (χ4v) is 0. The molecule has 0 nitrogen and oxygen atoms in total. The van der Waals surface area contributed by atoms with Crippen LogP contribution in [-0.4, -0.2) is 17.9 Å². The first-order valence-electron chi connectivity index (χ1n) is 1.69. The molecular formula is C4H10S. The second kappa shape index (κ2) is 2.46. The Kier molecular flexibility index (Phi) is 2.57. The highest BCUT2D eigenvalue weighted by atomic mass is 32.2. The summed E-state index contributed by atoms with van der Waals surface area (Å²) in [4.78, 5) is 0. The molecule has 0 N–H and O–H groups in total. The van der Waals surface area contributed by atoms with E-state index in [2.05, 4.69) is 19.0 Å². The van der Waals surface area contributed by atoms with Crippen molar-refractivity contribution in [3.8, 4) is 0 Å². The lowest BCUT2D eigenvalue weighted by Crippen LogP contribution is -1.62. The molecule has 1 heteroatoms. The summed E-state index contributed by atoms with van der Waals surface area (Å²) in [6, 6.07) is 0. The van der Waals surface area contributed by atoms with Crippen LogP contribution in [-0.2, 0) is 0 Å². The molecule has 0 fully saturated rings. The molecule has 0 saturated carbocycles. The van der Waals surface area contributed by atoms with E-state index in [0.717, 1.165) is 0 Å². The van der Waals surface area contributed by atoms with Gasteiger partial charge in [0, 0.05) is 0 Å². The first-order chi connectivity index (χ1) is 2.27. The minimum Gasteiger partial charge on any atom is -0.197 e. The topological polar surface area (TPSA) is 0 Å². The molecule has 0 heterocycles. The molecule has 1 atom stereocenters. The predicted molar refractivity (Wildman–Crippen MR) is 31.2 cm³/mol. The predicted octanol–water partition coefficient (Wildman–Crippen LogP) is 1.34. The summed E-state index contributed by atoms with van der Waals surface area (Å²) in [6.45, 7) is 2.15. The molecule has 0 aromatic rings. The van der Waals surface area contributed by atoms with E-state index in [0.29, 0.717) is 10.5 Å². The normalized spacial score (nSPS) is 14.8. The van der Waals surface area contributed by atoms with Crippen LogP contribution in [0.25, 0.3) is 0 Å². The van der Waals surface area contributed by atoms with Crippen LogP contribution in [0.3, 0.4) is 0 Å². The van der Waals surface area contributed by atoms with E-state index in [9.17, 15) is 0 Å². The molecule has 0 saturated heterocycles. The van der Waals surface area contributed by atoms with Crippen molar-refractivity contribution in [2.24, 2.45) is 0 Å². The lowest BCUT2D eigenvalue weighted by atomic mass is 11.0. The quantitative estimate of drug-likeness (QED) is 0.426. The molecule has 0 amide bonds. The fraction of sp³-hybridized carbons (Fsp3) is 0.750. The average molecular weight is 90.2 g/mol. The highest BCUT2D eigenvalue weighted by Crippen LogP contribution is 1.96. The molecule has 0 spiro atoms. The minimum atomic E-state index is 0.427. The van der Waals surface area contributed by atoms with Gasteiger partial charge in [-0.2, -0.15) is 10.5 Å². The molecule has 0 rings (SSSR count). The van der Waals surface area contributed by atoms with Gasteiger partial charge in [-0.3, -0.25) is 0 Å². The van der Waals surface area contributed by atoms with Crippen LogP contribution in [0.1, 0.15) is 6.92 Å². The first kappa shape index (κ1) is 5.22. The Morgan fingerprint density at radius 3 is 2.00 bits per heavy atom. The maximum absolute atomic E-state index is 3.78. The summed E-state index contributed by atoms with van der Waals surface area (Å²) in [7, 11) is 0.427. The highest BCUT2D eigenvalue weighted by Gasteiger charge is 1.64. The molecular weight excluding hydrogens is 80.1 g/mol. The van der Waals surface area contributed by atoms with Crippen LogP contribution < -0.4 is 0 Å². The maximum Gasteiger partial charge on any atom is -0.0154 e. The minimum absolute atomic E-state index is 0.427. The Balaban J connectivity index is 2.85. The Labute approximate surface area is 36.1 Å². The van der Waals surface area contributed by atoms with Gasteiger partial charge < -0.3 is 0 Å². The lowest BCUT2D eigenvalue weighted by Gasteiger charge is -1.83. The third-order valence-electron chi connectivity index (χ3n) is 0.493. The largest absolute Gasteiger partial charge is 0.197 e. The lowest BCUT2D eigenvalue weighted by molar-refractivity contribution is 1.53. The van der Waals surface area contributed by atoms with Gasteiger partial charge in [0.15, 0.2) is 0 Å². The molecule has 0 aliphatic rings. The number of hydrogen-bond acceptors (Lipinski definition) is 0. The Morgan fingerprint density at radius 2 is 2.00 bits per heavy atom. The summed E-state index contributed by atoms with van der Waals surface area (Å²) >= 11 is 0. The second-order valence-corrected chi connectivity index (χ2v) is 3.21. The summed E-state index contributed by atoms with van der Waals surface area (Å²) in [5.41, 5.74) is 0. The molecule has 0 aromatic carbocycles. The molecule has 1 unspecified atom stereocenters. The van der Waals surface area contributed by atoms with Gasteiger partial charge >= 0.3 is 0 Å². The van der Waals surface area contributed by atoms with Gasteiger partial charge in [0.25, 0.3) is 0 Å². The number of rotatable bonds is 1. The van der Waals surface area contributed by atoms with Gasteiger partial charge in [0.1, 0.15) is 0 Å². The second-order valence-electron chi connectivity index (χ2n) is 1.07. The van der Waals surface area contributed by atoms with Gasteiger partial charge in [-0.15, -0.1) is 0 Å². The van der Waals surface area contributed by atoms with Crippen LogP contribution in [0, 0.1) is 0 Å². The van der Waals surface area contributed by atoms with Crippen molar-refractivity contribution in [1.82, 2.24) is 0 Å². The van der Waals surface area contributed by atoms with E-state index in [-0.39, 0.29) is 0 Å². The Hall–Kier alpha value is 0.220. The van der Waals surface area contributed by atoms with Crippen molar-refractivity contribution < 1.29 is 0 Å². The SMILES string of the molecule is C=S(C)CC. The zero-order valence-electron chi connectivity index (χ0n) is 3.82.